The van der Waals surface area contributed by atoms with Gasteiger partial charge in [-0.1, -0.05) is 0 Å². The molecule has 0 aromatic heterocycles. The Bertz CT molecular complexity index is 241. The molecule has 1 atom stereocenters. The molecule has 2 heterocycles. The lowest BCUT2D eigenvalue weighted by atomic mass is 10.3. The van der Waals surface area contributed by atoms with Crippen LogP contribution in [0, 0.1) is 0 Å². The topological polar surface area (TPSA) is 44.8 Å². The van der Waals surface area contributed by atoms with E-state index in [9.17, 15) is 4.79 Å². The van der Waals surface area contributed by atoms with Crippen LogP contribution in [0.4, 0.5) is 0 Å². The molecule has 2 rings (SSSR count). The molecule has 0 aliphatic carbocycles. The van der Waals surface area contributed by atoms with Crippen LogP contribution < -0.4 is 5.32 Å². The zero-order valence-corrected chi connectivity index (χ0v) is 9.95. The highest BCUT2D eigenvalue weighted by Gasteiger charge is 2.30. The second kappa shape index (κ2) is 5.61. The fourth-order valence-corrected chi connectivity index (χ4v) is 2.32. The minimum atomic E-state index is 0.0460. The summed E-state index contributed by atoms with van der Waals surface area (Å²) in [4.78, 5) is 16.2. The van der Waals surface area contributed by atoms with Gasteiger partial charge in [0, 0.05) is 32.7 Å². The van der Waals surface area contributed by atoms with Gasteiger partial charge >= 0.3 is 0 Å². The Morgan fingerprint density at radius 2 is 2.06 bits per heavy atom. The number of nitrogens with one attached hydrogen (secondary N) is 1. The Balaban J connectivity index is 1.71. The van der Waals surface area contributed by atoms with E-state index in [2.05, 4.69) is 10.2 Å². The van der Waals surface area contributed by atoms with E-state index in [1.54, 1.807) is 0 Å². The number of carbonyl (C=O) groups is 1. The number of amides is 1. The summed E-state index contributed by atoms with van der Waals surface area (Å²) in [5.41, 5.74) is 0. The van der Waals surface area contributed by atoms with Crippen LogP contribution in [0.15, 0.2) is 0 Å². The van der Waals surface area contributed by atoms with Gasteiger partial charge in [-0.3, -0.25) is 9.69 Å². The molecule has 0 spiro atoms. The summed E-state index contributed by atoms with van der Waals surface area (Å²) < 4.78 is 5.29. The lowest BCUT2D eigenvalue weighted by Crippen LogP contribution is -2.43. The van der Waals surface area contributed by atoms with Crippen LogP contribution in [-0.2, 0) is 9.53 Å². The molecule has 0 radical (unpaired) electrons. The van der Waals surface area contributed by atoms with Crippen LogP contribution in [0.1, 0.15) is 6.42 Å². The van der Waals surface area contributed by atoms with Crippen molar-refractivity contribution >= 4 is 5.91 Å². The summed E-state index contributed by atoms with van der Waals surface area (Å²) in [5, 5.41) is 3.06. The van der Waals surface area contributed by atoms with E-state index in [0.29, 0.717) is 0 Å². The summed E-state index contributed by atoms with van der Waals surface area (Å²) in [6.45, 7) is 6.38. The first kappa shape index (κ1) is 11.8. The molecule has 1 unspecified atom stereocenters. The molecule has 5 nitrogen and oxygen atoms in total. The first-order chi connectivity index (χ1) is 7.81. The number of carbonyl (C=O) groups excluding carboxylic acids is 1. The molecule has 1 amide bonds. The fraction of sp³-hybridized carbons (Fsp3) is 0.909. The van der Waals surface area contributed by atoms with E-state index in [4.69, 9.17) is 4.74 Å². The van der Waals surface area contributed by atoms with Gasteiger partial charge in [-0.2, -0.15) is 0 Å². The number of likely N-dealkylation sites (tertiary alicyclic amines) is 1. The summed E-state index contributed by atoms with van der Waals surface area (Å²) >= 11 is 0. The van der Waals surface area contributed by atoms with Crippen molar-refractivity contribution in [3.8, 4) is 0 Å². The van der Waals surface area contributed by atoms with E-state index in [-0.39, 0.29) is 11.9 Å². The van der Waals surface area contributed by atoms with Crippen molar-refractivity contribution < 1.29 is 9.53 Å². The fourth-order valence-electron chi connectivity index (χ4n) is 2.32. The molecule has 0 saturated carbocycles. The molecular weight excluding hydrogens is 206 g/mol. The van der Waals surface area contributed by atoms with E-state index in [0.717, 1.165) is 52.4 Å². The zero-order chi connectivity index (χ0) is 11.4. The maximum absolute atomic E-state index is 11.8. The Hall–Kier alpha value is -0.650. The third-order valence-electron chi connectivity index (χ3n) is 3.44. The number of hydrogen-bond donors (Lipinski definition) is 1. The lowest BCUT2D eigenvalue weighted by molar-refractivity contribution is -0.129. The largest absolute Gasteiger partial charge is 0.379 e. The van der Waals surface area contributed by atoms with Gasteiger partial charge < -0.3 is 15.0 Å². The number of likely N-dealkylation sites (N-methyl/N-ethyl adjacent to an activating group) is 1. The first-order valence-corrected chi connectivity index (χ1v) is 6.07. The van der Waals surface area contributed by atoms with Gasteiger partial charge in [0.2, 0.25) is 5.91 Å². The molecular formula is C11H21N3O2. The van der Waals surface area contributed by atoms with Gasteiger partial charge in [-0.15, -0.1) is 0 Å². The number of morpholine rings is 1. The summed E-state index contributed by atoms with van der Waals surface area (Å²) in [5.74, 6) is 0.260. The van der Waals surface area contributed by atoms with Crippen LogP contribution in [0.2, 0.25) is 0 Å². The maximum atomic E-state index is 11.8. The smallest absolute Gasteiger partial charge is 0.239 e. The molecule has 5 heteroatoms. The molecule has 0 aromatic carbocycles. The Labute approximate surface area is 96.7 Å². The van der Waals surface area contributed by atoms with Crippen molar-refractivity contribution in [2.75, 3.05) is 53.0 Å². The van der Waals surface area contributed by atoms with Crippen LogP contribution in [0.3, 0.4) is 0 Å². The first-order valence-electron chi connectivity index (χ1n) is 6.07. The van der Waals surface area contributed by atoms with Crippen molar-refractivity contribution in [1.29, 1.82) is 0 Å². The lowest BCUT2D eigenvalue weighted by Gasteiger charge is -2.28. The van der Waals surface area contributed by atoms with Gasteiger partial charge in [-0.25, -0.2) is 0 Å². The third-order valence-corrected chi connectivity index (χ3v) is 3.44. The van der Waals surface area contributed by atoms with Gasteiger partial charge in [0.05, 0.1) is 19.3 Å². The molecule has 92 valence electrons. The zero-order valence-electron chi connectivity index (χ0n) is 9.95. The molecule has 2 saturated heterocycles. The van der Waals surface area contributed by atoms with Gasteiger partial charge in [0.15, 0.2) is 0 Å². The molecule has 2 aliphatic heterocycles. The average molecular weight is 227 g/mol. The number of rotatable bonds is 4. The highest BCUT2D eigenvalue weighted by atomic mass is 16.5. The van der Waals surface area contributed by atoms with Crippen molar-refractivity contribution in [3.63, 3.8) is 0 Å². The predicted molar refractivity (Wildman–Crippen MR) is 61.3 cm³/mol. The number of ether oxygens (including phenoxy) is 1. The van der Waals surface area contributed by atoms with E-state index in [1.165, 1.54) is 0 Å². The normalized spacial score (nSPS) is 27.7. The van der Waals surface area contributed by atoms with Gasteiger partial charge in [0.25, 0.3) is 0 Å². The van der Waals surface area contributed by atoms with Crippen LogP contribution in [-0.4, -0.2) is 74.7 Å². The molecule has 16 heavy (non-hydrogen) atoms. The summed E-state index contributed by atoms with van der Waals surface area (Å²) in [6, 6.07) is 0.0460. The quantitative estimate of drug-likeness (QED) is 0.679. The second-order valence-electron chi connectivity index (χ2n) is 4.41. The maximum Gasteiger partial charge on any atom is 0.239 e. The second-order valence-corrected chi connectivity index (χ2v) is 4.41. The van der Waals surface area contributed by atoms with Crippen LogP contribution >= 0.6 is 0 Å². The van der Waals surface area contributed by atoms with E-state index >= 15 is 0 Å². The van der Waals surface area contributed by atoms with Crippen molar-refractivity contribution in [2.24, 2.45) is 0 Å². The molecule has 1 N–H and O–H groups in total. The highest BCUT2D eigenvalue weighted by Crippen LogP contribution is 2.10. The SMILES string of the molecule is CNC1CCN(CCN2CCOCC2)C1=O. The standard InChI is InChI=1S/C11H21N3O2/c1-12-10-2-3-14(11(10)15)5-4-13-6-8-16-9-7-13/h10,12H,2-9H2,1H3. The van der Waals surface area contributed by atoms with Crippen LogP contribution in [0.5, 0.6) is 0 Å². The van der Waals surface area contributed by atoms with Gasteiger partial charge in [-0.05, 0) is 13.5 Å². The minimum absolute atomic E-state index is 0.0460. The summed E-state index contributed by atoms with van der Waals surface area (Å²) in [6.07, 6.45) is 0.943. The number of hydrogen-bond acceptors (Lipinski definition) is 4. The predicted octanol–water partition coefficient (Wildman–Crippen LogP) is -0.861. The monoisotopic (exact) mass is 227 g/mol. The third kappa shape index (κ3) is 2.72. The van der Waals surface area contributed by atoms with Gasteiger partial charge in [0.1, 0.15) is 0 Å². The van der Waals surface area contributed by atoms with Crippen LogP contribution in [0.25, 0.3) is 0 Å². The Kier molecular flexibility index (Phi) is 4.15. The molecule has 2 aliphatic rings. The molecule has 2 fully saturated rings. The highest BCUT2D eigenvalue weighted by molar-refractivity contribution is 5.83. The van der Waals surface area contributed by atoms with E-state index < -0.39 is 0 Å². The molecule has 0 aromatic rings. The Morgan fingerprint density at radius 3 is 2.69 bits per heavy atom. The van der Waals surface area contributed by atoms with Crippen molar-refractivity contribution in [1.82, 2.24) is 15.1 Å². The molecule has 0 bridgehead atoms. The number of nitrogens with zero attached hydrogens (tertiary/aromatic N) is 2. The average Bonchev–Trinajstić information content (AvgIpc) is 2.69. The van der Waals surface area contributed by atoms with Crippen molar-refractivity contribution in [3.05, 3.63) is 0 Å². The Morgan fingerprint density at radius 1 is 1.31 bits per heavy atom. The summed E-state index contributed by atoms with van der Waals surface area (Å²) in [7, 11) is 1.86. The van der Waals surface area contributed by atoms with Crippen molar-refractivity contribution in [2.45, 2.75) is 12.5 Å². The minimum Gasteiger partial charge on any atom is -0.379 e. The van der Waals surface area contributed by atoms with E-state index in [1.807, 2.05) is 11.9 Å².